The van der Waals surface area contributed by atoms with Gasteiger partial charge in [0.1, 0.15) is 5.60 Å². The van der Waals surface area contributed by atoms with Crippen molar-refractivity contribution < 1.29 is 20.4 Å². The molecule has 1 fully saturated rings. The van der Waals surface area contributed by atoms with E-state index in [0.29, 0.717) is 13.0 Å². The monoisotopic (exact) mass is 258 g/mol. The zero-order valence-corrected chi connectivity index (χ0v) is 11.6. The summed E-state index contributed by atoms with van der Waals surface area (Å²) in [6, 6.07) is -1.26. The number of amides is 1. The van der Waals surface area contributed by atoms with Crippen LogP contribution in [-0.2, 0) is 14.3 Å². The lowest BCUT2D eigenvalue weighted by molar-refractivity contribution is -0.142. The van der Waals surface area contributed by atoms with Gasteiger partial charge in [-0.1, -0.05) is 0 Å². The van der Waals surface area contributed by atoms with Crippen molar-refractivity contribution in [3.05, 3.63) is 0 Å². The van der Waals surface area contributed by atoms with Gasteiger partial charge in [0.15, 0.2) is 0 Å². The lowest BCUT2D eigenvalue weighted by Crippen LogP contribution is -2.47. The average Bonchev–Trinajstić information content (AvgIpc) is 2.26. The van der Waals surface area contributed by atoms with Crippen LogP contribution < -0.4 is 0 Å². The summed E-state index contributed by atoms with van der Waals surface area (Å²) >= 11 is 0. The Morgan fingerprint density at radius 2 is 2.06 bits per heavy atom. The van der Waals surface area contributed by atoms with Gasteiger partial charge in [-0.15, -0.1) is 0 Å². The molecule has 1 heterocycles. The molecule has 18 heavy (non-hydrogen) atoms. The van der Waals surface area contributed by atoms with Gasteiger partial charge in [-0.05, 0) is 40.0 Å². The van der Waals surface area contributed by atoms with Gasteiger partial charge in [0.25, 0.3) is 0 Å². The minimum absolute atomic E-state index is 0.122. The van der Waals surface area contributed by atoms with Crippen LogP contribution in [0.25, 0.3) is 0 Å². The minimum atomic E-state index is -1.26. The Morgan fingerprint density at radius 3 is 2.61 bits per heavy atom. The summed E-state index contributed by atoms with van der Waals surface area (Å²) in [6.45, 7) is 5.78. The summed E-state index contributed by atoms with van der Waals surface area (Å²) in [6.07, 6.45) is 1.44. The summed E-state index contributed by atoms with van der Waals surface area (Å²) in [7, 11) is 1.28. The standard InChI is InChI=1S/C13H23NO4/c1-13(2,3)18-12(16)14-8-6-5-7-10(14)9-11(15)17-4/h10H,5-9H2,1-4H3/t10-/m0/s1/i10D. The molecule has 1 amide bonds. The molecule has 0 aromatic rings. The minimum Gasteiger partial charge on any atom is -0.469 e. The Bertz CT molecular complexity index is 353. The molecule has 0 aromatic carbocycles. The van der Waals surface area contributed by atoms with Crippen LogP contribution in [0.2, 0.25) is 0 Å². The largest absolute Gasteiger partial charge is 0.469 e. The fraction of sp³-hybridized carbons (Fsp3) is 0.846. The van der Waals surface area contributed by atoms with E-state index in [4.69, 9.17) is 6.11 Å². The normalized spacial score (nSPS) is 25.3. The van der Waals surface area contributed by atoms with Crippen LogP contribution in [0.15, 0.2) is 0 Å². The number of piperidine rings is 1. The molecule has 0 saturated carbocycles. The van der Waals surface area contributed by atoms with E-state index in [9.17, 15) is 9.59 Å². The van der Waals surface area contributed by atoms with Crippen molar-refractivity contribution in [1.82, 2.24) is 4.90 Å². The van der Waals surface area contributed by atoms with Crippen molar-refractivity contribution in [1.29, 1.82) is 0 Å². The maximum atomic E-state index is 12.1. The second-order valence-electron chi connectivity index (χ2n) is 5.41. The Hall–Kier alpha value is -1.26. The Labute approximate surface area is 110 Å². The van der Waals surface area contributed by atoms with Gasteiger partial charge in [-0.3, -0.25) is 4.79 Å². The van der Waals surface area contributed by atoms with E-state index < -0.39 is 23.7 Å². The molecule has 0 bridgehead atoms. The van der Waals surface area contributed by atoms with Gasteiger partial charge in [-0.2, -0.15) is 0 Å². The van der Waals surface area contributed by atoms with Crippen LogP contribution in [0.4, 0.5) is 4.79 Å². The number of ether oxygens (including phenoxy) is 2. The second kappa shape index (κ2) is 6.07. The van der Waals surface area contributed by atoms with Gasteiger partial charge < -0.3 is 14.4 Å². The van der Waals surface area contributed by atoms with Crippen LogP contribution in [-0.4, -0.2) is 42.2 Å². The topological polar surface area (TPSA) is 55.8 Å². The van der Waals surface area contributed by atoms with Crippen LogP contribution in [0.5, 0.6) is 0 Å². The smallest absolute Gasteiger partial charge is 0.410 e. The van der Waals surface area contributed by atoms with E-state index in [1.807, 2.05) is 0 Å². The molecular formula is C13H23NO4. The molecule has 1 aliphatic heterocycles. The average molecular weight is 258 g/mol. The first-order valence-electron chi connectivity index (χ1n) is 6.75. The number of carbonyl (C=O) groups is 2. The van der Waals surface area contributed by atoms with Crippen molar-refractivity contribution in [3.8, 4) is 0 Å². The lowest BCUT2D eigenvalue weighted by Gasteiger charge is -2.36. The Kier molecular flexibility index (Phi) is 4.44. The van der Waals surface area contributed by atoms with E-state index in [0.717, 1.165) is 12.8 Å². The Balaban J connectivity index is 2.82. The maximum Gasteiger partial charge on any atom is 0.410 e. The van der Waals surface area contributed by atoms with Crippen molar-refractivity contribution >= 4 is 12.1 Å². The van der Waals surface area contributed by atoms with Crippen molar-refractivity contribution in [2.75, 3.05) is 13.7 Å². The van der Waals surface area contributed by atoms with Crippen molar-refractivity contribution in [3.63, 3.8) is 0 Å². The predicted molar refractivity (Wildman–Crippen MR) is 67.2 cm³/mol. The van der Waals surface area contributed by atoms with Gasteiger partial charge in [-0.25, -0.2) is 4.79 Å². The summed E-state index contributed by atoms with van der Waals surface area (Å²) in [4.78, 5) is 24.9. The summed E-state index contributed by atoms with van der Waals surface area (Å²) in [5.41, 5.74) is -0.610. The fourth-order valence-electron chi connectivity index (χ4n) is 1.85. The molecule has 0 aromatic heterocycles. The maximum absolute atomic E-state index is 12.1. The number of methoxy groups -OCH3 is 1. The second-order valence-corrected chi connectivity index (χ2v) is 5.41. The zero-order valence-electron chi connectivity index (χ0n) is 12.6. The quantitative estimate of drug-likeness (QED) is 0.713. The molecule has 5 heteroatoms. The van der Waals surface area contributed by atoms with E-state index in [-0.39, 0.29) is 6.42 Å². The van der Waals surface area contributed by atoms with Gasteiger partial charge in [0.2, 0.25) is 0 Å². The number of esters is 1. The highest BCUT2D eigenvalue weighted by atomic mass is 16.6. The molecule has 0 N–H and O–H groups in total. The number of hydrogen-bond donors (Lipinski definition) is 0. The van der Waals surface area contributed by atoms with Crippen molar-refractivity contribution in [2.45, 2.75) is 58.1 Å². The molecule has 0 radical (unpaired) electrons. The third kappa shape index (κ3) is 4.55. The summed E-state index contributed by atoms with van der Waals surface area (Å²) < 4.78 is 18.3. The van der Waals surface area contributed by atoms with Crippen molar-refractivity contribution in [2.24, 2.45) is 0 Å². The Morgan fingerprint density at radius 1 is 1.39 bits per heavy atom. The first-order valence-corrected chi connectivity index (χ1v) is 6.25. The van der Waals surface area contributed by atoms with Crippen LogP contribution in [0, 0.1) is 0 Å². The van der Waals surface area contributed by atoms with Gasteiger partial charge in [0.05, 0.1) is 14.9 Å². The fourth-order valence-corrected chi connectivity index (χ4v) is 1.85. The highest BCUT2D eigenvalue weighted by Crippen LogP contribution is 2.22. The number of carbonyl (C=O) groups excluding carboxylic acids is 2. The molecule has 1 saturated heterocycles. The van der Waals surface area contributed by atoms with Crippen LogP contribution in [0.3, 0.4) is 0 Å². The van der Waals surface area contributed by atoms with E-state index in [1.165, 1.54) is 12.0 Å². The highest BCUT2D eigenvalue weighted by molar-refractivity contribution is 5.73. The number of likely N-dealkylation sites (tertiary alicyclic amines) is 1. The molecule has 104 valence electrons. The molecule has 1 rings (SSSR count). The molecule has 1 aliphatic rings. The van der Waals surface area contributed by atoms with Gasteiger partial charge in [0, 0.05) is 12.6 Å². The van der Waals surface area contributed by atoms with Gasteiger partial charge >= 0.3 is 12.1 Å². The summed E-state index contributed by atoms with van der Waals surface area (Å²) in [5, 5.41) is 0. The third-order valence-electron chi connectivity index (χ3n) is 2.67. The lowest BCUT2D eigenvalue weighted by atomic mass is 10.00. The molecular weight excluding hydrogens is 234 g/mol. The number of nitrogens with zero attached hydrogens (tertiary/aromatic N) is 1. The molecule has 5 nitrogen and oxygen atoms in total. The van der Waals surface area contributed by atoms with Crippen LogP contribution in [0.1, 0.15) is 47.8 Å². The van der Waals surface area contributed by atoms with E-state index >= 15 is 0 Å². The predicted octanol–water partition coefficient (Wildman–Crippen LogP) is 2.34. The first-order chi connectivity index (χ1) is 8.68. The first kappa shape index (κ1) is 13.2. The third-order valence-corrected chi connectivity index (χ3v) is 2.67. The van der Waals surface area contributed by atoms with E-state index in [1.54, 1.807) is 20.8 Å². The number of rotatable bonds is 2. The molecule has 0 spiro atoms. The zero-order chi connectivity index (χ0) is 14.7. The van der Waals surface area contributed by atoms with E-state index in [2.05, 4.69) is 4.74 Å². The summed E-state index contributed by atoms with van der Waals surface area (Å²) in [5.74, 6) is -0.481. The number of hydrogen-bond acceptors (Lipinski definition) is 4. The highest BCUT2D eigenvalue weighted by Gasteiger charge is 2.31. The molecule has 1 atom stereocenters. The molecule has 0 aliphatic carbocycles. The molecule has 0 unspecified atom stereocenters. The van der Waals surface area contributed by atoms with Crippen LogP contribution >= 0.6 is 0 Å². The SMILES string of the molecule is [2H][C@@]1(CC(=O)OC)CCCCN1C(=O)OC(C)(C)C.